The fourth-order valence-electron chi connectivity index (χ4n) is 2.73. The molecule has 0 atom stereocenters. The van der Waals surface area contributed by atoms with Crippen molar-refractivity contribution in [2.24, 2.45) is 21.5 Å². The molecule has 0 amide bonds. The molecule has 0 saturated carbocycles. The molecule has 1 aliphatic rings. The first-order valence-electron chi connectivity index (χ1n) is 8.68. The van der Waals surface area contributed by atoms with Crippen LogP contribution in [0.4, 0.5) is 0 Å². The van der Waals surface area contributed by atoms with Gasteiger partial charge in [-0.25, -0.2) is 4.99 Å². The van der Waals surface area contributed by atoms with Crippen LogP contribution in [0.5, 0.6) is 5.75 Å². The Morgan fingerprint density at radius 2 is 1.96 bits per heavy atom. The minimum atomic E-state index is -0.679. The van der Waals surface area contributed by atoms with Crippen molar-refractivity contribution >= 4 is 11.9 Å². The van der Waals surface area contributed by atoms with Crippen LogP contribution in [0.15, 0.2) is 28.2 Å². The number of aliphatic imine (C=N–C) groups is 2. The highest BCUT2D eigenvalue weighted by molar-refractivity contribution is 5.95. The molecule has 1 heterocycles. The summed E-state index contributed by atoms with van der Waals surface area (Å²) in [4.78, 5) is 13.9. The van der Waals surface area contributed by atoms with Crippen molar-refractivity contribution in [3.05, 3.63) is 29.3 Å². The van der Waals surface area contributed by atoms with Gasteiger partial charge >= 0.3 is 0 Å². The lowest BCUT2D eigenvalue weighted by Crippen LogP contribution is -2.53. The second-order valence-corrected chi connectivity index (χ2v) is 6.63. The second-order valence-electron chi connectivity index (χ2n) is 6.63. The van der Waals surface area contributed by atoms with Gasteiger partial charge < -0.3 is 16.2 Å². The molecule has 2 rings (SSSR count). The van der Waals surface area contributed by atoms with Crippen molar-refractivity contribution < 1.29 is 9.57 Å². The molecule has 25 heavy (non-hydrogen) atoms. The van der Waals surface area contributed by atoms with E-state index in [-0.39, 0.29) is 11.9 Å². The summed E-state index contributed by atoms with van der Waals surface area (Å²) >= 11 is 0. The number of nitrogens with two attached hydrogens (primary N) is 2. The first-order valence-corrected chi connectivity index (χ1v) is 8.68. The van der Waals surface area contributed by atoms with E-state index in [1.54, 1.807) is 0 Å². The van der Waals surface area contributed by atoms with Gasteiger partial charge in [-0.1, -0.05) is 31.0 Å². The third kappa shape index (κ3) is 5.09. The standard InChI is InChI=1S/C18H29N5O2/c1-5-7-14-12-13(2)8-9-15(14)24-10-6-11-25-23-17(20)21-16(19)22-18(23,3)4/h8-9,12H,5-7,10-11H2,1-4H3,(H4,19,20,21,22). The Bertz CT molecular complexity index is 655. The second kappa shape index (κ2) is 8.20. The summed E-state index contributed by atoms with van der Waals surface area (Å²) in [7, 11) is 0. The van der Waals surface area contributed by atoms with E-state index in [9.17, 15) is 0 Å². The van der Waals surface area contributed by atoms with Crippen molar-refractivity contribution in [3.8, 4) is 5.75 Å². The highest BCUT2D eigenvalue weighted by Crippen LogP contribution is 2.22. The minimum Gasteiger partial charge on any atom is -0.493 e. The van der Waals surface area contributed by atoms with Crippen molar-refractivity contribution in [2.45, 2.75) is 52.6 Å². The molecule has 1 aliphatic heterocycles. The van der Waals surface area contributed by atoms with Gasteiger partial charge in [-0.15, -0.1) is 0 Å². The molecule has 7 nitrogen and oxygen atoms in total. The van der Waals surface area contributed by atoms with Gasteiger partial charge in [-0.2, -0.15) is 10.1 Å². The Labute approximate surface area is 149 Å². The monoisotopic (exact) mass is 347 g/mol. The van der Waals surface area contributed by atoms with E-state index in [1.807, 2.05) is 19.9 Å². The molecule has 1 aromatic carbocycles. The summed E-state index contributed by atoms with van der Waals surface area (Å²) in [6.07, 6.45) is 2.83. The lowest BCUT2D eigenvalue weighted by Gasteiger charge is -2.36. The van der Waals surface area contributed by atoms with Gasteiger partial charge in [-0.3, -0.25) is 4.84 Å². The number of rotatable bonds is 8. The largest absolute Gasteiger partial charge is 0.493 e. The molecule has 1 aromatic rings. The lowest BCUT2D eigenvalue weighted by molar-refractivity contribution is -0.158. The van der Waals surface area contributed by atoms with Crippen molar-refractivity contribution in [2.75, 3.05) is 13.2 Å². The van der Waals surface area contributed by atoms with Crippen LogP contribution in [0.25, 0.3) is 0 Å². The van der Waals surface area contributed by atoms with Crippen LogP contribution in [-0.2, 0) is 11.3 Å². The zero-order valence-electron chi connectivity index (χ0n) is 15.6. The predicted molar refractivity (Wildman–Crippen MR) is 100 cm³/mol. The Hall–Kier alpha value is -2.28. The van der Waals surface area contributed by atoms with E-state index in [2.05, 4.69) is 36.0 Å². The summed E-state index contributed by atoms with van der Waals surface area (Å²) in [6, 6.07) is 6.29. The number of hydroxylamine groups is 2. The summed E-state index contributed by atoms with van der Waals surface area (Å²) in [6.45, 7) is 9.00. The zero-order chi connectivity index (χ0) is 18.4. The van der Waals surface area contributed by atoms with Gasteiger partial charge in [0.1, 0.15) is 5.75 Å². The van der Waals surface area contributed by atoms with Crippen LogP contribution in [0.2, 0.25) is 0 Å². The fraction of sp³-hybridized carbons (Fsp3) is 0.556. The van der Waals surface area contributed by atoms with Crippen molar-refractivity contribution in [1.82, 2.24) is 5.06 Å². The van der Waals surface area contributed by atoms with E-state index >= 15 is 0 Å². The molecule has 0 radical (unpaired) electrons. The number of aryl methyl sites for hydroxylation is 2. The maximum absolute atomic E-state index is 5.92. The molecule has 0 bridgehead atoms. The summed E-state index contributed by atoms with van der Waals surface area (Å²) in [5.41, 5.74) is 13.3. The first kappa shape index (κ1) is 19.1. The maximum Gasteiger partial charge on any atom is 0.226 e. The topological polar surface area (TPSA) is 98.5 Å². The molecule has 0 aliphatic carbocycles. The number of benzene rings is 1. The van der Waals surface area contributed by atoms with Crippen molar-refractivity contribution in [1.29, 1.82) is 0 Å². The van der Waals surface area contributed by atoms with Crippen LogP contribution in [0.1, 0.15) is 44.7 Å². The molecular formula is C18H29N5O2. The zero-order valence-corrected chi connectivity index (χ0v) is 15.6. The van der Waals surface area contributed by atoms with Gasteiger partial charge in [-0.05, 0) is 38.8 Å². The Balaban J connectivity index is 1.82. The number of ether oxygens (including phenoxy) is 1. The maximum atomic E-state index is 5.92. The molecule has 0 spiro atoms. The van der Waals surface area contributed by atoms with E-state index in [0.717, 1.165) is 25.0 Å². The molecular weight excluding hydrogens is 318 g/mol. The molecule has 0 saturated heterocycles. The molecule has 0 fully saturated rings. The molecule has 138 valence electrons. The average Bonchev–Trinajstić information content (AvgIpc) is 2.50. The normalized spacial score (nSPS) is 16.4. The smallest absolute Gasteiger partial charge is 0.226 e. The minimum absolute atomic E-state index is 0.161. The molecule has 0 aromatic heterocycles. The Morgan fingerprint density at radius 1 is 1.20 bits per heavy atom. The Morgan fingerprint density at radius 3 is 2.64 bits per heavy atom. The summed E-state index contributed by atoms with van der Waals surface area (Å²) < 4.78 is 5.92. The highest BCUT2D eigenvalue weighted by atomic mass is 16.7. The van der Waals surface area contributed by atoms with Crippen LogP contribution >= 0.6 is 0 Å². The molecule has 7 heteroatoms. The average molecular weight is 347 g/mol. The fourth-order valence-corrected chi connectivity index (χ4v) is 2.73. The quantitative estimate of drug-likeness (QED) is 0.703. The predicted octanol–water partition coefficient (Wildman–Crippen LogP) is 2.33. The van der Waals surface area contributed by atoms with Gasteiger partial charge in [0.15, 0.2) is 5.66 Å². The third-order valence-electron chi connectivity index (χ3n) is 3.82. The highest BCUT2D eigenvalue weighted by Gasteiger charge is 2.32. The van der Waals surface area contributed by atoms with Crippen LogP contribution < -0.4 is 16.2 Å². The summed E-state index contributed by atoms with van der Waals surface area (Å²) in [5, 5.41) is 1.48. The van der Waals surface area contributed by atoms with Crippen LogP contribution in [-0.4, -0.2) is 35.9 Å². The Kier molecular flexibility index (Phi) is 6.25. The number of hydrogen-bond acceptors (Lipinski definition) is 7. The van der Waals surface area contributed by atoms with Gasteiger partial charge in [0.2, 0.25) is 11.9 Å². The van der Waals surface area contributed by atoms with Crippen molar-refractivity contribution in [3.63, 3.8) is 0 Å². The van der Waals surface area contributed by atoms with E-state index in [1.165, 1.54) is 16.2 Å². The third-order valence-corrected chi connectivity index (χ3v) is 3.82. The SMILES string of the molecule is CCCc1cc(C)ccc1OCCCON1C(N)=NC(N)=NC1(C)C. The first-order chi connectivity index (χ1) is 11.8. The molecule has 0 unspecified atom stereocenters. The van der Waals surface area contributed by atoms with E-state index in [4.69, 9.17) is 21.0 Å². The van der Waals surface area contributed by atoms with Crippen LogP contribution in [0, 0.1) is 6.92 Å². The van der Waals surface area contributed by atoms with Gasteiger partial charge in [0, 0.05) is 6.42 Å². The summed E-state index contributed by atoms with van der Waals surface area (Å²) in [5.74, 6) is 1.32. The van der Waals surface area contributed by atoms with Gasteiger partial charge in [0.25, 0.3) is 0 Å². The van der Waals surface area contributed by atoms with Gasteiger partial charge in [0.05, 0.1) is 13.2 Å². The number of guanidine groups is 2. The van der Waals surface area contributed by atoms with E-state index < -0.39 is 5.66 Å². The number of nitrogens with zero attached hydrogens (tertiary/aromatic N) is 3. The number of hydrogen-bond donors (Lipinski definition) is 2. The lowest BCUT2D eigenvalue weighted by atomic mass is 10.1. The molecule has 4 N–H and O–H groups in total. The van der Waals surface area contributed by atoms with Crippen LogP contribution in [0.3, 0.4) is 0 Å². The van der Waals surface area contributed by atoms with E-state index in [0.29, 0.717) is 13.2 Å².